The van der Waals surface area contributed by atoms with Gasteiger partial charge in [0.05, 0.1) is 15.6 Å². The lowest BCUT2D eigenvalue weighted by atomic mass is 10.3. The third-order valence-electron chi connectivity index (χ3n) is 2.72. The largest absolute Gasteiger partial charge is 0.317 e. The first-order valence-electron chi connectivity index (χ1n) is 5.51. The highest BCUT2D eigenvalue weighted by Gasteiger charge is 2.16. The Hall–Kier alpha value is -1.47. The van der Waals surface area contributed by atoms with Crippen LogP contribution in [-0.4, -0.2) is 32.2 Å². The second-order valence-corrected chi connectivity index (χ2v) is 6.16. The highest BCUT2D eigenvalue weighted by Crippen LogP contribution is 2.17. The van der Waals surface area contributed by atoms with Crippen LogP contribution in [0, 0.1) is 10.1 Å². The SMILES string of the molecule is CNC(C)CCS(=O)(=O)c1ccc([N+](=O)[O-])cc1. The fourth-order valence-electron chi connectivity index (χ4n) is 1.37. The van der Waals surface area contributed by atoms with Crippen molar-refractivity contribution in [3.05, 3.63) is 34.4 Å². The normalized spacial score (nSPS) is 13.2. The van der Waals surface area contributed by atoms with Crippen molar-refractivity contribution in [1.29, 1.82) is 0 Å². The minimum Gasteiger partial charge on any atom is -0.317 e. The lowest BCUT2D eigenvalue weighted by Gasteiger charge is -2.10. The molecule has 1 aromatic rings. The van der Waals surface area contributed by atoms with Crippen LogP contribution >= 0.6 is 0 Å². The van der Waals surface area contributed by atoms with E-state index in [-0.39, 0.29) is 22.4 Å². The molecule has 0 fully saturated rings. The van der Waals surface area contributed by atoms with Gasteiger partial charge in [-0.25, -0.2) is 8.42 Å². The Bertz CT molecular complexity index is 510. The molecule has 7 heteroatoms. The van der Waals surface area contributed by atoms with Gasteiger partial charge < -0.3 is 5.32 Å². The number of nitro groups is 1. The van der Waals surface area contributed by atoms with E-state index in [2.05, 4.69) is 5.32 Å². The zero-order valence-electron chi connectivity index (χ0n) is 10.3. The molecule has 1 aromatic carbocycles. The summed E-state index contributed by atoms with van der Waals surface area (Å²) in [6.07, 6.45) is 0.496. The molecule has 1 N–H and O–H groups in total. The maximum Gasteiger partial charge on any atom is 0.269 e. The Morgan fingerprint density at radius 3 is 2.33 bits per heavy atom. The van der Waals surface area contributed by atoms with Gasteiger partial charge in [-0.1, -0.05) is 0 Å². The molecule has 1 unspecified atom stereocenters. The lowest BCUT2D eigenvalue weighted by molar-refractivity contribution is -0.384. The summed E-state index contributed by atoms with van der Waals surface area (Å²) < 4.78 is 23.9. The predicted molar refractivity (Wildman–Crippen MR) is 68.3 cm³/mol. The molecule has 0 saturated carbocycles. The van der Waals surface area contributed by atoms with Gasteiger partial charge in [0.15, 0.2) is 9.84 Å². The van der Waals surface area contributed by atoms with E-state index in [9.17, 15) is 18.5 Å². The summed E-state index contributed by atoms with van der Waals surface area (Å²) in [4.78, 5) is 10.0. The Kier molecular flexibility index (Phi) is 4.80. The molecule has 6 nitrogen and oxygen atoms in total. The van der Waals surface area contributed by atoms with Crippen LogP contribution < -0.4 is 5.32 Å². The van der Waals surface area contributed by atoms with Crippen molar-refractivity contribution in [3.63, 3.8) is 0 Å². The van der Waals surface area contributed by atoms with E-state index in [0.29, 0.717) is 6.42 Å². The van der Waals surface area contributed by atoms with Crippen molar-refractivity contribution in [2.45, 2.75) is 24.3 Å². The monoisotopic (exact) mass is 272 g/mol. The van der Waals surface area contributed by atoms with Gasteiger partial charge in [0.2, 0.25) is 0 Å². The topological polar surface area (TPSA) is 89.3 Å². The van der Waals surface area contributed by atoms with Gasteiger partial charge in [-0.15, -0.1) is 0 Å². The van der Waals surface area contributed by atoms with Crippen LogP contribution in [0.1, 0.15) is 13.3 Å². The Balaban J connectivity index is 2.82. The fourth-order valence-corrected chi connectivity index (χ4v) is 2.82. The fraction of sp³-hybridized carbons (Fsp3) is 0.455. The molecule has 0 aromatic heterocycles. The van der Waals surface area contributed by atoms with Gasteiger partial charge in [0.25, 0.3) is 5.69 Å². The summed E-state index contributed by atoms with van der Waals surface area (Å²) in [6, 6.07) is 5.07. The van der Waals surface area contributed by atoms with Gasteiger partial charge in [-0.3, -0.25) is 10.1 Å². The zero-order chi connectivity index (χ0) is 13.8. The molecule has 0 spiro atoms. The van der Waals surface area contributed by atoms with E-state index in [4.69, 9.17) is 0 Å². The molecule has 0 saturated heterocycles. The van der Waals surface area contributed by atoms with Gasteiger partial charge in [-0.05, 0) is 32.5 Å². The lowest BCUT2D eigenvalue weighted by Crippen LogP contribution is -2.24. The van der Waals surface area contributed by atoms with Crippen molar-refractivity contribution in [3.8, 4) is 0 Å². The molecule has 0 aliphatic heterocycles. The van der Waals surface area contributed by atoms with E-state index in [0.717, 1.165) is 0 Å². The van der Waals surface area contributed by atoms with Crippen LogP contribution in [-0.2, 0) is 9.84 Å². The van der Waals surface area contributed by atoms with Crippen molar-refractivity contribution < 1.29 is 13.3 Å². The number of nitrogens with one attached hydrogen (secondary N) is 1. The summed E-state index contributed by atoms with van der Waals surface area (Å²) in [5.74, 6) is 0.0207. The predicted octanol–water partition coefficient (Wildman–Crippen LogP) is 1.37. The average Bonchev–Trinajstić information content (AvgIpc) is 2.36. The number of sulfone groups is 1. The van der Waals surface area contributed by atoms with Crippen LogP contribution in [0.25, 0.3) is 0 Å². The molecule has 1 rings (SSSR count). The maximum absolute atomic E-state index is 11.9. The smallest absolute Gasteiger partial charge is 0.269 e. The number of nitro benzene ring substituents is 1. The molecule has 18 heavy (non-hydrogen) atoms. The quantitative estimate of drug-likeness (QED) is 0.624. The minimum absolute atomic E-state index is 0.0207. The maximum atomic E-state index is 11.9. The van der Waals surface area contributed by atoms with E-state index in [1.165, 1.54) is 24.3 Å². The number of rotatable bonds is 6. The summed E-state index contributed by atoms with van der Waals surface area (Å²) in [5, 5.41) is 13.4. The molecule has 0 bridgehead atoms. The Morgan fingerprint density at radius 2 is 1.89 bits per heavy atom. The first kappa shape index (κ1) is 14.6. The average molecular weight is 272 g/mol. The summed E-state index contributed by atoms with van der Waals surface area (Å²) in [6.45, 7) is 1.89. The zero-order valence-corrected chi connectivity index (χ0v) is 11.1. The number of non-ortho nitro benzene ring substituents is 1. The molecule has 0 radical (unpaired) electrons. The molecule has 100 valence electrons. The first-order chi connectivity index (χ1) is 8.36. The van der Waals surface area contributed by atoms with Crippen molar-refractivity contribution in [1.82, 2.24) is 5.32 Å². The van der Waals surface area contributed by atoms with Gasteiger partial charge in [-0.2, -0.15) is 0 Å². The number of hydrogen-bond acceptors (Lipinski definition) is 5. The van der Waals surface area contributed by atoms with Gasteiger partial charge >= 0.3 is 0 Å². The van der Waals surface area contributed by atoms with Crippen LogP contribution in [0.5, 0.6) is 0 Å². The van der Waals surface area contributed by atoms with Crippen molar-refractivity contribution in [2.75, 3.05) is 12.8 Å². The molecule has 0 aliphatic rings. The van der Waals surface area contributed by atoms with Crippen LogP contribution in [0.4, 0.5) is 5.69 Å². The molecule has 0 amide bonds. The molecule has 0 heterocycles. The summed E-state index contributed by atoms with van der Waals surface area (Å²) >= 11 is 0. The van der Waals surface area contributed by atoms with E-state index in [1.807, 2.05) is 6.92 Å². The van der Waals surface area contributed by atoms with E-state index < -0.39 is 14.8 Å². The van der Waals surface area contributed by atoms with Crippen molar-refractivity contribution in [2.24, 2.45) is 0 Å². The molecule has 0 aliphatic carbocycles. The number of benzene rings is 1. The van der Waals surface area contributed by atoms with Crippen molar-refractivity contribution >= 4 is 15.5 Å². The highest BCUT2D eigenvalue weighted by molar-refractivity contribution is 7.91. The molecule has 1 atom stereocenters. The molecular formula is C11H16N2O4S. The first-order valence-corrected chi connectivity index (χ1v) is 7.16. The summed E-state index contributed by atoms with van der Waals surface area (Å²) in [7, 11) is -1.60. The minimum atomic E-state index is -3.37. The van der Waals surface area contributed by atoms with Gasteiger partial charge in [0, 0.05) is 18.2 Å². The molecular weight excluding hydrogens is 256 g/mol. The third kappa shape index (κ3) is 3.78. The van der Waals surface area contributed by atoms with Gasteiger partial charge in [0.1, 0.15) is 0 Å². The number of hydrogen-bond donors (Lipinski definition) is 1. The number of nitrogens with zero attached hydrogens (tertiary/aromatic N) is 1. The second kappa shape index (κ2) is 5.92. The Morgan fingerprint density at radius 1 is 1.33 bits per heavy atom. The van der Waals surface area contributed by atoms with Crippen LogP contribution in [0.15, 0.2) is 29.2 Å². The van der Waals surface area contributed by atoms with Crippen LogP contribution in [0.2, 0.25) is 0 Å². The van der Waals surface area contributed by atoms with Crippen LogP contribution in [0.3, 0.4) is 0 Å². The standard InChI is InChI=1S/C11H16N2O4S/c1-9(12-2)7-8-18(16,17)11-5-3-10(4-6-11)13(14)15/h3-6,9,12H,7-8H2,1-2H3. The Labute approximate surface area is 106 Å². The van der Waals surface area contributed by atoms with E-state index in [1.54, 1.807) is 7.05 Å². The second-order valence-electron chi connectivity index (χ2n) is 4.05. The van der Waals surface area contributed by atoms with E-state index >= 15 is 0 Å². The summed E-state index contributed by atoms with van der Waals surface area (Å²) in [5.41, 5.74) is -0.113. The third-order valence-corrected chi connectivity index (χ3v) is 4.48. The highest BCUT2D eigenvalue weighted by atomic mass is 32.2.